The Morgan fingerprint density at radius 2 is 1.39 bits per heavy atom. The molecule has 1 amide bonds. The number of hydrogen-bond acceptors (Lipinski definition) is 3. The normalized spacial score (nSPS) is 16.5. The quantitative estimate of drug-likeness (QED) is 0.513. The van der Waals surface area contributed by atoms with Gasteiger partial charge in [0.25, 0.3) is 0 Å². The lowest BCUT2D eigenvalue weighted by Crippen LogP contribution is -2.45. The average molecular weight is 433 g/mol. The highest BCUT2D eigenvalue weighted by Gasteiger charge is 2.46. The second kappa shape index (κ2) is 8.36. The van der Waals surface area contributed by atoms with Gasteiger partial charge in [0.2, 0.25) is 0 Å². The average Bonchev–Trinajstić information content (AvgIpc) is 2.78. The van der Waals surface area contributed by atoms with Crippen LogP contribution in [0, 0.1) is 0 Å². The van der Waals surface area contributed by atoms with Gasteiger partial charge in [-0.2, -0.15) is 0 Å². The topological polar surface area (TPSA) is 46.6 Å². The number of nitrogens with zero attached hydrogens (tertiary/aromatic N) is 1. The molecule has 1 unspecified atom stereocenters. The smallest absolute Gasteiger partial charge is 0.411 e. The maximum absolute atomic E-state index is 15.2. The highest BCUT2D eigenvalue weighted by atomic mass is 31.2. The van der Waals surface area contributed by atoms with Gasteiger partial charge >= 0.3 is 6.09 Å². The zero-order chi connectivity index (χ0) is 22.1. The van der Waals surface area contributed by atoms with E-state index in [1.54, 1.807) is 4.90 Å². The van der Waals surface area contributed by atoms with E-state index in [1.807, 2.05) is 99.6 Å². The summed E-state index contributed by atoms with van der Waals surface area (Å²) in [5, 5.41) is 1.47. The molecule has 5 heteroatoms. The highest BCUT2D eigenvalue weighted by Crippen LogP contribution is 2.60. The molecule has 1 aliphatic heterocycles. The zero-order valence-electron chi connectivity index (χ0n) is 18.2. The summed E-state index contributed by atoms with van der Waals surface area (Å²) in [4.78, 5) is 15.0. The number of fused-ring (bicyclic) bond motifs is 1. The lowest BCUT2D eigenvalue weighted by atomic mass is 10.00. The Balaban J connectivity index is 1.95. The molecule has 0 fully saturated rings. The fourth-order valence-corrected chi connectivity index (χ4v) is 7.52. The number of carbonyl (C=O) groups excluding carboxylic acids is 1. The van der Waals surface area contributed by atoms with Crippen LogP contribution < -0.4 is 10.6 Å². The van der Waals surface area contributed by atoms with E-state index < -0.39 is 24.6 Å². The van der Waals surface area contributed by atoms with Crippen molar-refractivity contribution in [2.75, 3.05) is 6.54 Å². The van der Waals surface area contributed by atoms with E-state index in [0.29, 0.717) is 13.0 Å². The van der Waals surface area contributed by atoms with Crippen LogP contribution in [-0.2, 0) is 15.7 Å². The minimum Gasteiger partial charge on any atom is -0.444 e. The van der Waals surface area contributed by atoms with Gasteiger partial charge in [-0.1, -0.05) is 84.9 Å². The van der Waals surface area contributed by atoms with Crippen LogP contribution >= 0.6 is 7.14 Å². The van der Waals surface area contributed by atoms with Crippen molar-refractivity contribution in [3.05, 3.63) is 96.1 Å². The molecule has 0 saturated carbocycles. The van der Waals surface area contributed by atoms with Gasteiger partial charge in [-0.25, -0.2) is 4.79 Å². The number of rotatable bonds is 3. The van der Waals surface area contributed by atoms with E-state index in [9.17, 15) is 4.79 Å². The van der Waals surface area contributed by atoms with Crippen molar-refractivity contribution in [3.8, 4) is 0 Å². The minimum absolute atomic E-state index is 0.431. The van der Waals surface area contributed by atoms with E-state index >= 15 is 4.57 Å². The molecule has 31 heavy (non-hydrogen) atoms. The Morgan fingerprint density at radius 3 is 1.94 bits per heavy atom. The van der Waals surface area contributed by atoms with E-state index in [1.165, 1.54) is 0 Å². The molecule has 0 N–H and O–H groups in total. The van der Waals surface area contributed by atoms with Crippen LogP contribution in [0.25, 0.3) is 0 Å². The third kappa shape index (κ3) is 4.18. The number of ether oxygens (including phenoxy) is 1. The van der Waals surface area contributed by atoms with Crippen molar-refractivity contribution in [1.82, 2.24) is 4.90 Å². The largest absolute Gasteiger partial charge is 0.444 e. The van der Waals surface area contributed by atoms with Gasteiger partial charge < -0.3 is 9.30 Å². The fourth-order valence-electron chi connectivity index (χ4n) is 4.18. The molecule has 0 aromatic heterocycles. The molecular formula is C26H28NO3P. The minimum atomic E-state index is -3.28. The zero-order valence-corrected chi connectivity index (χ0v) is 19.1. The Kier molecular flexibility index (Phi) is 5.77. The summed E-state index contributed by atoms with van der Waals surface area (Å²) in [6, 6.07) is 27.0. The van der Waals surface area contributed by atoms with Gasteiger partial charge in [-0.05, 0) is 38.3 Å². The number of benzene rings is 3. The first kappa shape index (κ1) is 21.4. The van der Waals surface area contributed by atoms with Crippen molar-refractivity contribution < 1.29 is 14.1 Å². The lowest BCUT2D eigenvalue weighted by Gasteiger charge is -2.42. The van der Waals surface area contributed by atoms with E-state index in [-0.39, 0.29) is 0 Å². The predicted molar refractivity (Wildman–Crippen MR) is 126 cm³/mol. The summed E-state index contributed by atoms with van der Waals surface area (Å²) < 4.78 is 20.9. The molecule has 160 valence electrons. The third-order valence-electron chi connectivity index (χ3n) is 5.50. The lowest BCUT2D eigenvalue weighted by molar-refractivity contribution is 0.0209. The third-order valence-corrected chi connectivity index (χ3v) is 8.88. The van der Waals surface area contributed by atoms with Crippen molar-refractivity contribution in [3.63, 3.8) is 0 Å². The Hall–Kier alpha value is -2.84. The van der Waals surface area contributed by atoms with Crippen molar-refractivity contribution in [2.45, 2.75) is 38.6 Å². The first-order valence-corrected chi connectivity index (χ1v) is 12.4. The standard InChI is InChI=1S/C26H28NO3P/c1-26(2,3)30-25(28)27-19-18-20-12-10-11-17-23(20)24(27)31(29,21-13-6-4-7-14-21)22-15-8-5-9-16-22/h4-17,24H,18-19H2,1-3H3. The number of amides is 1. The molecule has 1 atom stereocenters. The number of carbonyl (C=O) groups is 1. The summed E-state index contributed by atoms with van der Waals surface area (Å²) in [6.45, 7) is 6.02. The van der Waals surface area contributed by atoms with Crippen LogP contribution in [0.4, 0.5) is 4.79 Å². The molecule has 0 aliphatic carbocycles. The molecule has 4 rings (SSSR count). The Morgan fingerprint density at radius 1 is 0.871 bits per heavy atom. The molecule has 1 aliphatic rings. The van der Waals surface area contributed by atoms with Crippen molar-refractivity contribution >= 4 is 23.8 Å². The summed E-state index contributed by atoms with van der Waals surface area (Å²) in [5.41, 5.74) is 1.41. The van der Waals surface area contributed by atoms with E-state index in [2.05, 4.69) is 6.07 Å². The van der Waals surface area contributed by atoms with E-state index in [4.69, 9.17) is 4.74 Å². The molecule has 0 radical (unpaired) electrons. The molecule has 0 saturated heterocycles. The number of hydrogen-bond donors (Lipinski definition) is 0. The van der Waals surface area contributed by atoms with Gasteiger partial charge in [0, 0.05) is 17.2 Å². The Labute approximate surface area is 184 Å². The Bertz CT molecular complexity index is 1060. The second-order valence-electron chi connectivity index (χ2n) is 8.83. The second-order valence-corrected chi connectivity index (χ2v) is 11.7. The first-order valence-electron chi connectivity index (χ1n) is 10.6. The monoisotopic (exact) mass is 433 g/mol. The van der Waals surface area contributed by atoms with Crippen LogP contribution in [-0.4, -0.2) is 23.1 Å². The summed E-state index contributed by atoms with van der Waals surface area (Å²) in [6.07, 6.45) is 0.272. The maximum Gasteiger partial charge on any atom is 0.411 e. The van der Waals surface area contributed by atoms with Gasteiger partial charge in [-0.15, -0.1) is 0 Å². The van der Waals surface area contributed by atoms with E-state index in [0.717, 1.165) is 21.7 Å². The van der Waals surface area contributed by atoms with Crippen molar-refractivity contribution in [2.24, 2.45) is 0 Å². The van der Waals surface area contributed by atoms with Crippen molar-refractivity contribution in [1.29, 1.82) is 0 Å². The van der Waals surface area contributed by atoms with Gasteiger partial charge in [0.1, 0.15) is 11.4 Å². The SMILES string of the molecule is CC(C)(C)OC(=O)N1CCc2ccccc2C1P(=O)(c1ccccc1)c1ccccc1. The van der Waals surface area contributed by atoms with Crippen LogP contribution in [0.2, 0.25) is 0 Å². The molecule has 1 heterocycles. The first-order chi connectivity index (χ1) is 14.8. The molecule has 3 aromatic rings. The molecular weight excluding hydrogens is 405 g/mol. The molecule has 0 spiro atoms. The van der Waals surface area contributed by atoms with Crippen LogP contribution in [0.3, 0.4) is 0 Å². The van der Waals surface area contributed by atoms with Gasteiger partial charge in [0.05, 0.1) is 0 Å². The summed E-state index contributed by atoms with van der Waals surface area (Å²) >= 11 is 0. The van der Waals surface area contributed by atoms with Crippen LogP contribution in [0.15, 0.2) is 84.9 Å². The predicted octanol–water partition coefficient (Wildman–Crippen LogP) is 5.49. The fraction of sp³-hybridized carbons (Fsp3) is 0.269. The summed E-state index contributed by atoms with van der Waals surface area (Å²) in [7, 11) is -3.28. The van der Waals surface area contributed by atoms with Crippen LogP contribution in [0.5, 0.6) is 0 Å². The summed E-state index contributed by atoms with van der Waals surface area (Å²) in [5.74, 6) is -0.628. The molecule has 0 bridgehead atoms. The molecule has 4 nitrogen and oxygen atoms in total. The van der Waals surface area contributed by atoms with Gasteiger partial charge in [-0.3, -0.25) is 4.90 Å². The van der Waals surface area contributed by atoms with Crippen LogP contribution in [0.1, 0.15) is 37.7 Å². The van der Waals surface area contributed by atoms with Gasteiger partial charge in [0.15, 0.2) is 7.14 Å². The maximum atomic E-state index is 15.2. The molecule has 3 aromatic carbocycles. The highest BCUT2D eigenvalue weighted by molar-refractivity contribution is 7.79.